The van der Waals surface area contributed by atoms with Crippen LogP contribution in [0.3, 0.4) is 0 Å². The standard InChI is InChI=1S/C20H26N2O2/c1-16-9-10-17-18(7-6-14-24-19(17)15-16)21-11-3-5-13-22-12-4-2-8-20(22)23/h2,4,8-10,12,15,18,21H,3,5-7,11,13-14H2,1H3/t18-/m1/s1. The highest BCUT2D eigenvalue weighted by molar-refractivity contribution is 5.39. The summed E-state index contributed by atoms with van der Waals surface area (Å²) in [5, 5.41) is 3.67. The minimum atomic E-state index is 0.0793. The molecule has 24 heavy (non-hydrogen) atoms. The van der Waals surface area contributed by atoms with E-state index in [0.717, 1.165) is 51.1 Å². The van der Waals surface area contributed by atoms with Gasteiger partial charge in [-0.05, 0) is 56.8 Å². The van der Waals surface area contributed by atoms with Crippen molar-refractivity contribution in [1.82, 2.24) is 9.88 Å². The molecule has 1 aliphatic heterocycles. The predicted molar refractivity (Wildman–Crippen MR) is 96.6 cm³/mol. The number of unbranched alkanes of at least 4 members (excludes halogenated alkanes) is 1. The molecule has 4 heteroatoms. The molecule has 0 saturated heterocycles. The molecule has 0 fully saturated rings. The third-order valence-corrected chi connectivity index (χ3v) is 4.55. The van der Waals surface area contributed by atoms with Crippen LogP contribution in [0.2, 0.25) is 0 Å². The molecule has 0 spiro atoms. The summed E-state index contributed by atoms with van der Waals surface area (Å²) in [4.78, 5) is 11.7. The van der Waals surface area contributed by atoms with Crippen LogP contribution in [-0.2, 0) is 6.54 Å². The van der Waals surface area contributed by atoms with Gasteiger partial charge >= 0.3 is 0 Å². The average Bonchev–Trinajstić information content (AvgIpc) is 2.78. The van der Waals surface area contributed by atoms with Crippen LogP contribution in [-0.4, -0.2) is 17.7 Å². The van der Waals surface area contributed by atoms with Gasteiger partial charge in [0.15, 0.2) is 0 Å². The van der Waals surface area contributed by atoms with Crippen LogP contribution >= 0.6 is 0 Å². The van der Waals surface area contributed by atoms with Gasteiger partial charge < -0.3 is 14.6 Å². The Balaban J connectivity index is 1.50. The van der Waals surface area contributed by atoms with Gasteiger partial charge in [0.2, 0.25) is 5.56 Å². The van der Waals surface area contributed by atoms with E-state index >= 15 is 0 Å². The monoisotopic (exact) mass is 326 g/mol. The summed E-state index contributed by atoms with van der Waals surface area (Å²) in [6.07, 6.45) is 6.09. The van der Waals surface area contributed by atoms with E-state index in [0.29, 0.717) is 6.04 Å². The zero-order chi connectivity index (χ0) is 16.8. The first-order chi connectivity index (χ1) is 11.7. The largest absolute Gasteiger partial charge is 0.493 e. The maximum Gasteiger partial charge on any atom is 0.250 e. The first kappa shape index (κ1) is 16.8. The van der Waals surface area contributed by atoms with Crippen LogP contribution in [0, 0.1) is 6.92 Å². The van der Waals surface area contributed by atoms with E-state index in [1.165, 1.54) is 11.1 Å². The summed E-state index contributed by atoms with van der Waals surface area (Å²) >= 11 is 0. The third kappa shape index (κ3) is 4.26. The molecule has 2 aromatic rings. The Morgan fingerprint density at radius 1 is 1.25 bits per heavy atom. The number of hydrogen-bond donors (Lipinski definition) is 1. The van der Waals surface area contributed by atoms with Gasteiger partial charge in [0, 0.05) is 30.4 Å². The van der Waals surface area contributed by atoms with Crippen molar-refractivity contribution in [1.29, 1.82) is 0 Å². The molecule has 0 saturated carbocycles. The molecule has 2 heterocycles. The van der Waals surface area contributed by atoms with Crippen molar-refractivity contribution in [2.75, 3.05) is 13.2 Å². The highest BCUT2D eigenvalue weighted by Gasteiger charge is 2.18. The molecule has 0 bridgehead atoms. The first-order valence-corrected chi connectivity index (χ1v) is 8.86. The van der Waals surface area contributed by atoms with Crippen molar-refractivity contribution >= 4 is 0 Å². The lowest BCUT2D eigenvalue weighted by Crippen LogP contribution is -2.23. The van der Waals surface area contributed by atoms with Crippen molar-refractivity contribution < 1.29 is 4.74 Å². The lowest BCUT2D eigenvalue weighted by molar-refractivity contribution is 0.315. The number of rotatable bonds is 6. The van der Waals surface area contributed by atoms with Gasteiger partial charge in [0.1, 0.15) is 5.75 Å². The number of fused-ring (bicyclic) bond motifs is 1. The highest BCUT2D eigenvalue weighted by Crippen LogP contribution is 2.32. The molecule has 1 aromatic heterocycles. The molecule has 0 aliphatic carbocycles. The van der Waals surface area contributed by atoms with Gasteiger partial charge in [0.25, 0.3) is 0 Å². The predicted octanol–water partition coefficient (Wildman–Crippen LogP) is 3.44. The van der Waals surface area contributed by atoms with E-state index in [9.17, 15) is 4.79 Å². The molecule has 3 rings (SSSR count). The molecule has 128 valence electrons. The smallest absolute Gasteiger partial charge is 0.250 e. The molecule has 0 unspecified atom stereocenters. The van der Waals surface area contributed by atoms with Gasteiger partial charge in [-0.1, -0.05) is 18.2 Å². The summed E-state index contributed by atoms with van der Waals surface area (Å²) in [5.41, 5.74) is 2.59. The molecule has 1 aromatic carbocycles. The van der Waals surface area contributed by atoms with Crippen LogP contribution in [0.4, 0.5) is 0 Å². The second-order valence-electron chi connectivity index (χ2n) is 6.48. The molecule has 4 nitrogen and oxygen atoms in total. The summed E-state index contributed by atoms with van der Waals surface area (Å²) in [5.74, 6) is 1.03. The van der Waals surface area contributed by atoms with Crippen molar-refractivity contribution in [2.24, 2.45) is 0 Å². The van der Waals surface area contributed by atoms with Crippen LogP contribution in [0.25, 0.3) is 0 Å². The fraction of sp³-hybridized carbons (Fsp3) is 0.450. The SMILES string of the molecule is Cc1ccc2c(c1)OCCC[C@H]2NCCCCn1ccccc1=O. The van der Waals surface area contributed by atoms with E-state index < -0.39 is 0 Å². The van der Waals surface area contributed by atoms with Gasteiger partial charge in [-0.2, -0.15) is 0 Å². The van der Waals surface area contributed by atoms with Crippen LogP contribution in [0.5, 0.6) is 5.75 Å². The van der Waals surface area contributed by atoms with Gasteiger partial charge in [-0.3, -0.25) is 4.79 Å². The fourth-order valence-corrected chi connectivity index (χ4v) is 3.22. The van der Waals surface area contributed by atoms with Gasteiger partial charge in [-0.15, -0.1) is 0 Å². The summed E-state index contributed by atoms with van der Waals surface area (Å²) in [7, 11) is 0. The Morgan fingerprint density at radius 2 is 2.17 bits per heavy atom. The number of ether oxygens (including phenoxy) is 1. The Bertz CT molecular complexity index is 724. The minimum absolute atomic E-state index is 0.0793. The van der Waals surface area contributed by atoms with Crippen molar-refractivity contribution in [3.05, 3.63) is 64.1 Å². The molecule has 0 radical (unpaired) electrons. The maximum absolute atomic E-state index is 11.7. The molecule has 0 amide bonds. The normalized spacial score (nSPS) is 17.0. The van der Waals surface area contributed by atoms with Crippen molar-refractivity contribution in [3.8, 4) is 5.75 Å². The Hall–Kier alpha value is -2.07. The fourth-order valence-electron chi connectivity index (χ4n) is 3.22. The molecule has 1 aliphatic rings. The van der Waals surface area contributed by atoms with E-state index in [2.05, 4.69) is 30.4 Å². The van der Waals surface area contributed by atoms with E-state index in [4.69, 9.17) is 4.74 Å². The molecular formula is C20H26N2O2. The van der Waals surface area contributed by atoms with Crippen LogP contribution in [0.15, 0.2) is 47.4 Å². The van der Waals surface area contributed by atoms with Crippen LogP contribution < -0.4 is 15.6 Å². The van der Waals surface area contributed by atoms with Gasteiger partial charge in [-0.25, -0.2) is 0 Å². The highest BCUT2D eigenvalue weighted by atomic mass is 16.5. The lowest BCUT2D eigenvalue weighted by Gasteiger charge is -2.19. The number of aryl methyl sites for hydroxylation is 2. The quantitative estimate of drug-likeness (QED) is 0.827. The second kappa shape index (κ2) is 8.15. The zero-order valence-corrected chi connectivity index (χ0v) is 14.3. The number of pyridine rings is 1. The number of nitrogens with zero attached hydrogens (tertiary/aromatic N) is 1. The Labute approximate surface area is 143 Å². The van der Waals surface area contributed by atoms with Crippen molar-refractivity contribution in [3.63, 3.8) is 0 Å². The third-order valence-electron chi connectivity index (χ3n) is 4.55. The Kier molecular flexibility index (Phi) is 5.70. The topological polar surface area (TPSA) is 43.3 Å². The zero-order valence-electron chi connectivity index (χ0n) is 14.3. The summed E-state index contributed by atoms with van der Waals surface area (Å²) in [6, 6.07) is 12.2. The van der Waals surface area contributed by atoms with Gasteiger partial charge in [0.05, 0.1) is 6.61 Å². The average molecular weight is 326 g/mol. The number of aromatic nitrogens is 1. The number of benzene rings is 1. The van der Waals surface area contributed by atoms with Crippen LogP contribution in [0.1, 0.15) is 42.9 Å². The Morgan fingerprint density at radius 3 is 3.04 bits per heavy atom. The van der Waals surface area contributed by atoms with E-state index in [-0.39, 0.29) is 5.56 Å². The molecule has 1 atom stereocenters. The van der Waals surface area contributed by atoms with E-state index in [1.807, 2.05) is 12.3 Å². The van der Waals surface area contributed by atoms with E-state index in [1.54, 1.807) is 16.7 Å². The lowest BCUT2D eigenvalue weighted by atomic mass is 10.0. The van der Waals surface area contributed by atoms with Crippen molar-refractivity contribution in [2.45, 2.75) is 45.2 Å². The first-order valence-electron chi connectivity index (χ1n) is 8.86. The summed E-state index contributed by atoms with van der Waals surface area (Å²) in [6.45, 7) is 4.64. The number of hydrogen-bond acceptors (Lipinski definition) is 3. The summed E-state index contributed by atoms with van der Waals surface area (Å²) < 4.78 is 7.66. The minimum Gasteiger partial charge on any atom is -0.493 e. The second-order valence-corrected chi connectivity index (χ2v) is 6.48. The molecular weight excluding hydrogens is 300 g/mol. The number of nitrogens with one attached hydrogen (secondary N) is 1. The maximum atomic E-state index is 11.7. The molecule has 1 N–H and O–H groups in total.